The van der Waals surface area contributed by atoms with Crippen molar-refractivity contribution in [2.45, 2.75) is 127 Å². The largest absolute Gasteiger partial charge is 0.490 e. The zero-order chi connectivity index (χ0) is 59.2. The number of pyridine rings is 2. The van der Waals surface area contributed by atoms with Gasteiger partial charge in [-0.2, -0.15) is 0 Å². The number of aliphatic hydroxyl groups is 1. The summed E-state index contributed by atoms with van der Waals surface area (Å²) in [5, 5.41) is 23.0. The molecule has 0 bridgehead atoms. The van der Waals surface area contributed by atoms with E-state index in [-0.39, 0.29) is 48.4 Å². The van der Waals surface area contributed by atoms with Gasteiger partial charge in [0.25, 0.3) is 0 Å². The summed E-state index contributed by atoms with van der Waals surface area (Å²) in [5.41, 5.74) is 7.30. The number of fused-ring (bicyclic) bond motifs is 2. The minimum absolute atomic E-state index is 0.0586. The molecule has 3 unspecified atom stereocenters. The third-order valence-electron chi connectivity index (χ3n) is 16.6. The van der Waals surface area contributed by atoms with E-state index in [1.54, 1.807) is 12.4 Å². The molecule has 3 fully saturated rings. The maximum absolute atomic E-state index is 13.5. The number of piperidine rings is 2. The first-order valence-corrected chi connectivity index (χ1v) is 31.8. The Hall–Kier alpha value is -7.48. The number of likely N-dealkylation sites (tertiary alicyclic amines) is 1. The number of aryl methyl sites for hydroxylation is 4. The smallest absolute Gasteiger partial charge is 0.224 e. The maximum atomic E-state index is 13.5. The fourth-order valence-corrected chi connectivity index (χ4v) is 11.8. The van der Waals surface area contributed by atoms with Crippen LogP contribution in [0.25, 0.3) is 21.8 Å². The highest BCUT2D eigenvalue weighted by Crippen LogP contribution is 2.27. The Balaban J connectivity index is 0.000000174. The molecule has 3 aliphatic heterocycles. The van der Waals surface area contributed by atoms with Crippen LogP contribution in [0.15, 0.2) is 194 Å². The average molecular weight is 1160 g/mol. The Kier molecular flexibility index (Phi) is 25.8. The van der Waals surface area contributed by atoms with E-state index < -0.39 is 6.10 Å². The lowest BCUT2D eigenvalue weighted by molar-refractivity contribution is -0.128. The number of carbonyl (C=O) groups is 2. The molecule has 3 aliphatic rings. The first-order valence-electron chi connectivity index (χ1n) is 31.8. The molecule has 0 spiro atoms. The molecule has 452 valence electrons. The van der Waals surface area contributed by atoms with Crippen molar-refractivity contribution < 1.29 is 28.9 Å². The molecule has 0 radical (unpaired) electrons. The summed E-state index contributed by atoms with van der Waals surface area (Å²) in [6, 6.07) is 62.4. The topological polar surface area (TPSA) is 150 Å². The zero-order valence-corrected chi connectivity index (χ0v) is 50.2. The minimum Gasteiger partial charge on any atom is -0.490 e. The van der Waals surface area contributed by atoms with E-state index in [1.165, 1.54) is 22.3 Å². The highest BCUT2D eigenvalue weighted by atomic mass is 16.6. The van der Waals surface area contributed by atoms with Gasteiger partial charge in [0.1, 0.15) is 36.9 Å². The van der Waals surface area contributed by atoms with E-state index in [9.17, 15) is 14.7 Å². The highest BCUT2D eigenvalue weighted by molar-refractivity contribution is 5.85. The molecule has 12 heteroatoms. The number of epoxide rings is 1. The number of hydrogen-bond donors (Lipinski definition) is 4. The molecule has 0 saturated carbocycles. The monoisotopic (exact) mass is 1160 g/mol. The molecule has 4 atom stereocenters. The van der Waals surface area contributed by atoms with Crippen LogP contribution in [0.4, 0.5) is 0 Å². The Morgan fingerprint density at radius 2 is 1.01 bits per heavy atom. The van der Waals surface area contributed by atoms with E-state index in [2.05, 4.69) is 152 Å². The van der Waals surface area contributed by atoms with Crippen LogP contribution < -0.4 is 25.4 Å². The molecule has 11 rings (SSSR count). The van der Waals surface area contributed by atoms with Crippen LogP contribution in [-0.4, -0.2) is 109 Å². The molecule has 12 nitrogen and oxygen atoms in total. The standard InChI is InChI=1S/C37H45N3O3.C25H34N2O.C12H11NO2/c41-33(28-43-36-23-9-22-35-34(36)21-10-24-38-35)27-40-25-11-18-31(26-40)37(42)39-32(19-7-16-29-12-3-1-4-13-29)20-8-17-30-14-5-2-6-15-30;28-25(23-16-9-19-26-20-23)27-24(17-7-14-21-10-3-1-4-11-21)18-8-15-22-12-5-2-6-13-22;1-4-11-10(3-2-6-13-11)12(5-1)15-8-9-7-14-9/h1-6,9-10,12-15,21-24,31-33,41H,7-8,11,16-20,25-28H2,(H,39,42);1-6,10-13,23-24,26H,7-9,14-20H2,(H,27,28);1-6,9H,7-8H2/t31?,33-;;/m1../s1. The van der Waals surface area contributed by atoms with Gasteiger partial charge in [0.2, 0.25) is 11.8 Å². The van der Waals surface area contributed by atoms with Gasteiger partial charge < -0.3 is 35.3 Å². The highest BCUT2D eigenvalue weighted by Gasteiger charge is 2.29. The van der Waals surface area contributed by atoms with Crippen LogP contribution in [0, 0.1) is 11.8 Å². The molecular formula is C74H90N6O6. The van der Waals surface area contributed by atoms with Gasteiger partial charge in [0.05, 0.1) is 29.5 Å². The lowest BCUT2D eigenvalue weighted by atomic mass is 9.94. The number of ether oxygens (including phenoxy) is 3. The fraction of sp³-hybridized carbons (Fsp3) is 0.405. The van der Waals surface area contributed by atoms with Crippen LogP contribution in [0.3, 0.4) is 0 Å². The fourth-order valence-electron chi connectivity index (χ4n) is 11.8. The summed E-state index contributed by atoms with van der Waals surface area (Å²) in [7, 11) is 0. The SMILES string of the molecule is O=C(NC(CCCc1ccccc1)CCCc1ccccc1)C1CCCN(C[C@@H](O)COc2cccc3ncccc23)C1.O=C(NC(CCCc1ccccc1)CCCc1ccccc1)C1CCCNC1.c1cc(OCC2CO2)c2cccnc2c1. The minimum atomic E-state index is -0.641. The Morgan fingerprint density at radius 3 is 1.47 bits per heavy atom. The van der Waals surface area contributed by atoms with Crippen LogP contribution in [0.1, 0.15) is 99.3 Å². The number of nitrogens with zero attached hydrogens (tertiary/aromatic N) is 3. The lowest BCUT2D eigenvalue weighted by Crippen LogP contribution is -2.48. The maximum Gasteiger partial charge on any atom is 0.224 e. The van der Waals surface area contributed by atoms with Gasteiger partial charge in [-0.3, -0.25) is 24.5 Å². The van der Waals surface area contributed by atoms with E-state index in [4.69, 9.17) is 14.2 Å². The molecule has 4 N–H and O–H groups in total. The van der Waals surface area contributed by atoms with Gasteiger partial charge in [-0.1, -0.05) is 133 Å². The van der Waals surface area contributed by atoms with Crippen molar-refractivity contribution in [2.24, 2.45) is 11.8 Å². The van der Waals surface area contributed by atoms with Crippen molar-refractivity contribution in [1.82, 2.24) is 30.8 Å². The molecule has 2 amide bonds. The number of aliphatic hydroxyl groups excluding tert-OH is 1. The quantitative estimate of drug-likeness (QED) is 0.0349. The zero-order valence-electron chi connectivity index (χ0n) is 50.2. The van der Waals surface area contributed by atoms with Crippen LogP contribution >= 0.6 is 0 Å². The summed E-state index contributed by atoms with van der Waals surface area (Å²) in [5.74, 6) is 2.10. The number of amides is 2. The van der Waals surface area contributed by atoms with Gasteiger partial charge in [0, 0.05) is 54.9 Å². The second kappa shape index (κ2) is 35.2. The van der Waals surface area contributed by atoms with Crippen LogP contribution in [0.5, 0.6) is 11.5 Å². The molecule has 3 saturated heterocycles. The average Bonchev–Trinajstić information content (AvgIpc) is 4.56. The molecule has 6 aromatic carbocycles. The first kappa shape index (κ1) is 63.0. The lowest BCUT2D eigenvalue weighted by Gasteiger charge is -2.34. The summed E-state index contributed by atoms with van der Waals surface area (Å²) in [4.78, 5) is 37.1. The van der Waals surface area contributed by atoms with Crippen molar-refractivity contribution in [1.29, 1.82) is 0 Å². The number of hydrogen-bond acceptors (Lipinski definition) is 10. The third-order valence-corrected chi connectivity index (χ3v) is 16.6. The van der Waals surface area contributed by atoms with Gasteiger partial charge >= 0.3 is 0 Å². The van der Waals surface area contributed by atoms with Gasteiger partial charge in [-0.05, 0) is 187 Å². The predicted octanol–water partition coefficient (Wildman–Crippen LogP) is 12.7. The van der Waals surface area contributed by atoms with E-state index in [1.807, 2.05) is 60.7 Å². The second-order valence-corrected chi connectivity index (χ2v) is 23.4. The van der Waals surface area contributed by atoms with Crippen molar-refractivity contribution in [2.75, 3.05) is 52.5 Å². The number of aromatic nitrogens is 2. The van der Waals surface area contributed by atoms with Crippen molar-refractivity contribution >= 4 is 33.6 Å². The molecule has 86 heavy (non-hydrogen) atoms. The number of carbonyl (C=O) groups excluding carboxylic acids is 2. The van der Waals surface area contributed by atoms with E-state index >= 15 is 0 Å². The Bertz CT molecular complexity index is 3100. The summed E-state index contributed by atoms with van der Waals surface area (Å²) in [6.45, 7) is 5.57. The number of nitrogens with one attached hydrogen (secondary N) is 3. The Labute approximate surface area is 510 Å². The number of rotatable bonds is 28. The van der Waals surface area contributed by atoms with Crippen molar-refractivity contribution in [3.05, 3.63) is 217 Å². The summed E-state index contributed by atoms with van der Waals surface area (Å²) in [6.07, 6.45) is 19.8. The normalized spacial score (nSPS) is 16.9. The van der Waals surface area contributed by atoms with E-state index in [0.29, 0.717) is 19.7 Å². The second-order valence-electron chi connectivity index (χ2n) is 23.4. The van der Waals surface area contributed by atoms with E-state index in [0.717, 1.165) is 162 Å². The van der Waals surface area contributed by atoms with Crippen molar-refractivity contribution in [3.63, 3.8) is 0 Å². The Morgan fingerprint density at radius 1 is 0.558 bits per heavy atom. The van der Waals surface area contributed by atoms with Crippen molar-refractivity contribution in [3.8, 4) is 11.5 Å². The molecule has 2 aromatic heterocycles. The van der Waals surface area contributed by atoms with Gasteiger partial charge in [-0.25, -0.2) is 0 Å². The molecule has 5 heterocycles. The molecule has 8 aromatic rings. The number of benzene rings is 6. The predicted molar refractivity (Wildman–Crippen MR) is 346 cm³/mol. The molecular weight excluding hydrogens is 1070 g/mol. The van der Waals surface area contributed by atoms with Gasteiger partial charge in [0.15, 0.2) is 0 Å². The summed E-state index contributed by atoms with van der Waals surface area (Å²) < 4.78 is 16.8. The summed E-state index contributed by atoms with van der Waals surface area (Å²) >= 11 is 0. The first-order chi connectivity index (χ1) is 42.4. The van der Waals surface area contributed by atoms with Gasteiger partial charge in [-0.15, -0.1) is 0 Å². The van der Waals surface area contributed by atoms with Crippen LogP contribution in [0.2, 0.25) is 0 Å². The third kappa shape index (κ3) is 21.8. The van der Waals surface area contributed by atoms with Crippen LogP contribution in [-0.2, 0) is 40.0 Å². The molecule has 0 aliphatic carbocycles. The number of β-amino-alcohol motifs (C(OH)–C–C–N with tert-alkyl or cyclic N) is 1.